The van der Waals surface area contributed by atoms with Gasteiger partial charge in [-0.25, -0.2) is 18.4 Å². The number of nitrogens with one attached hydrogen (secondary N) is 1. The molecule has 4 atom stereocenters. The molecule has 4 heterocycles. The lowest BCUT2D eigenvalue weighted by Crippen LogP contribution is -2.53. The van der Waals surface area contributed by atoms with Gasteiger partial charge in [0.25, 0.3) is 0 Å². The number of alkyl halides is 1. The fourth-order valence-electron chi connectivity index (χ4n) is 4.69. The van der Waals surface area contributed by atoms with Crippen LogP contribution in [0.15, 0.2) is 43.4 Å². The molecule has 0 amide bonds. The molecule has 1 aromatic carbocycles. The predicted octanol–water partition coefficient (Wildman–Crippen LogP) is 3.45. The number of hydrogen-bond acceptors (Lipinski definition) is 6. The van der Waals surface area contributed by atoms with Crippen molar-refractivity contribution in [3.63, 3.8) is 0 Å². The Balaban J connectivity index is 1.37. The summed E-state index contributed by atoms with van der Waals surface area (Å²) in [4.78, 5) is 4.31. The van der Waals surface area contributed by atoms with Gasteiger partial charge in [0.2, 0.25) is 0 Å². The van der Waals surface area contributed by atoms with E-state index in [1.807, 2.05) is 0 Å². The molecule has 31 heavy (non-hydrogen) atoms. The van der Waals surface area contributed by atoms with Crippen molar-refractivity contribution in [2.24, 2.45) is 5.92 Å². The van der Waals surface area contributed by atoms with E-state index in [1.165, 1.54) is 23.1 Å². The number of benzene rings is 1. The normalized spacial score (nSPS) is 27.4. The number of phenolic OH excluding ortho intramolecular Hbond substituents is 1. The lowest BCUT2D eigenvalue weighted by Gasteiger charge is -2.39. The molecular weight excluding hydrogens is 402 g/mol. The molecule has 160 valence electrons. The van der Waals surface area contributed by atoms with Gasteiger partial charge in [0.15, 0.2) is 11.6 Å². The van der Waals surface area contributed by atoms with Crippen molar-refractivity contribution in [2.45, 2.75) is 43.9 Å². The zero-order valence-electron chi connectivity index (χ0n) is 17.0. The number of aromatic hydroxyl groups is 1. The van der Waals surface area contributed by atoms with Crippen LogP contribution < -0.4 is 5.32 Å². The van der Waals surface area contributed by atoms with Crippen molar-refractivity contribution in [3.8, 4) is 22.8 Å². The first kappa shape index (κ1) is 19.7. The Labute approximate surface area is 177 Å². The molecule has 2 saturated heterocycles. The minimum Gasteiger partial charge on any atom is -0.507 e. The van der Waals surface area contributed by atoms with Gasteiger partial charge in [0, 0.05) is 23.6 Å². The van der Waals surface area contributed by atoms with E-state index in [0.29, 0.717) is 28.9 Å². The van der Waals surface area contributed by atoms with Crippen LogP contribution in [0.2, 0.25) is 0 Å². The van der Waals surface area contributed by atoms with Gasteiger partial charge >= 0.3 is 0 Å². The summed E-state index contributed by atoms with van der Waals surface area (Å²) < 4.78 is 29.5. The number of fused-ring (bicyclic) bond motifs is 2. The second-order valence-electron chi connectivity index (χ2n) is 8.60. The lowest BCUT2D eigenvalue weighted by molar-refractivity contribution is 0.135. The first-order valence-electron chi connectivity index (χ1n) is 10.2. The quantitative estimate of drug-likeness (QED) is 0.667. The molecule has 2 fully saturated rings. The van der Waals surface area contributed by atoms with E-state index in [2.05, 4.69) is 39.1 Å². The Bertz CT molecular complexity index is 1150. The minimum atomic E-state index is -1.02. The van der Waals surface area contributed by atoms with Crippen LogP contribution in [-0.2, 0) is 0 Å². The van der Waals surface area contributed by atoms with Crippen LogP contribution in [0, 0.1) is 11.7 Å². The molecule has 2 aliphatic rings. The van der Waals surface area contributed by atoms with E-state index in [0.717, 1.165) is 19.0 Å². The summed E-state index contributed by atoms with van der Waals surface area (Å²) in [5.41, 5.74) is 1.83. The van der Waals surface area contributed by atoms with E-state index < -0.39 is 12.0 Å². The SMILES string of the molecule is C=C(c1cnc(-c2ccc(-n3cc(F)cn3)cc2O)nn1)C1C[C@]2(C)CCC(N2)[C@H]1F. The second kappa shape index (κ2) is 7.19. The largest absolute Gasteiger partial charge is 0.507 e. The van der Waals surface area contributed by atoms with Crippen molar-refractivity contribution in [2.75, 3.05) is 0 Å². The van der Waals surface area contributed by atoms with Crippen molar-refractivity contribution in [1.29, 1.82) is 0 Å². The summed E-state index contributed by atoms with van der Waals surface area (Å²) >= 11 is 0. The zero-order chi connectivity index (χ0) is 21.8. The van der Waals surface area contributed by atoms with Crippen LogP contribution in [0.1, 0.15) is 31.9 Å². The maximum absolute atomic E-state index is 15.0. The van der Waals surface area contributed by atoms with E-state index in [4.69, 9.17) is 0 Å². The van der Waals surface area contributed by atoms with Gasteiger partial charge in [-0.1, -0.05) is 6.58 Å². The van der Waals surface area contributed by atoms with Gasteiger partial charge in [-0.05, 0) is 43.9 Å². The van der Waals surface area contributed by atoms with Crippen LogP contribution in [0.5, 0.6) is 5.75 Å². The summed E-state index contributed by atoms with van der Waals surface area (Å²) in [6, 6.07) is 4.56. The van der Waals surface area contributed by atoms with Crippen LogP contribution >= 0.6 is 0 Å². The van der Waals surface area contributed by atoms with E-state index in [9.17, 15) is 13.9 Å². The van der Waals surface area contributed by atoms with Gasteiger partial charge in [-0.15, -0.1) is 10.2 Å². The summed E-state index contributed by atoms with van der Waals surface area (Å²) in [6.07, 6.45) is 5.21. The maximum atomic E-state index is 15.0. The van der Waals surface area contributed by atoms with Crippen molar-refractivity contribution >= 4 is 5.57 Å². The second-order valence-corrected chi connectivity index (χ2v) is 8.60. The lowest BCUT2D eigenvalue weighted by atomic mass is 9.79. The summed E-state index contributed by atoms with van der Waals surface area (Å²) in [6.45, 7) is 6.22. The van der Waals surface area contributed by atoms with E-state index in [-0.39, 0.29) is 29.1 Å². The van der Waals surface area contributed by atoms with Crippen molar-refractivity contribution in [3.05, 3.63) is 54.9 Å². The number of nitrogens with zero attached hydrogens (tertiary/aromatic N) is 5. The highest BCUT2D eigenvalue weighted by atomic mass is 19.1. The average molecular weight is 424 g/mol. The smallest absolute Gasteiger partial charge is 0.185 e. The monoisotopic (exact) mass is 424 g/mol. The van der Waals surface area contributed by atoms with Crippen LogP contribution in [0.3, 0.4) is 0 Å². The number of hydrogen-bond donors (Lipinski definition) is 2. The molecule has 2 aromatic heterocycles. The number of rotatable bonds is 4. The van der Waals surface area contributed by atoms with Gasteiger partial charge in [0.1, 0.15) is 17.6 Å². The van der Waals surface area contributed by atoms with Crippen molar-refractivity contribution < 1.29 is 13.9 Å². The maximum Gasteiger partial charge on any atom is 0.185 e. The van der Waals surface area contributed by atoms with Gasteiger partial charge in [-0.3, -0.25) is 0 Å². The van der Waals surface area contributed by atoms with Gasteiger partial charge < -0.3 is 10.4 Å². The summed E-state index contributed by atoms with van der Waals surface area (Å²) in [5.74, 6) is -0.670. The molecule has 2 bridgehead atoms. The third-order valence-corrected chi connectivity index (χ3v) is 6.36. The molecule has 0 spiro atoms. The number of halogens is 2. The Kier molecular flexibility index (Phi) is 4.58. The number of allylic oxidation sites excluding steroid dienone is 1. The molecule has 7 nitrogen and oxygen atoms in total. The summed E-state index contributed by atoms with van der Waals surface area (Å²) in [7, 11) is 0. The number of phenols is 1. The Morgan fingerprint density at radius 2 is 2.16 bits per heavy atom. The van der Waals surface area contributed by atoms with E-state index in [1.54, 1.807) is 12.1 Å². The Morgan fingerprint density at radius 1 is 1.32 bits per heavy atom. The molecule has 2 aliphatic heterocycles. The fraction of sp³-hybridized carbons (Fsp3) is 0.364. The first-order valence-corrected chi connectivity index (χ1v) is 10.2. The molecular formula is C22H22F2N6O. The highest BCUT2D eigenvalue weighted by Gasteiger charge is 2.49. The molecule has 3 aromatic rings. The van der Waals surface area contributed by atoms with Crippen LogP contribution in [0.25, 0.3) is 22.6 Å². The standard InChI is InChI=1S/C22H22F2N6O/c1-12(16-8-22(2)6-5-17(27-22)20(16)24)18-10-25-21(29-28-18)15-4-3-14(7-19(15)31)30-11-13(23)9-26-30/h3-4,7,9-11,16-17,20,27,31H,1,5-6,8H2,2H3/t16?,17?,20-,22-/m0/s1. The first-order chi connectivity index (χ1) is 14.8. The highest BCUT2D eigenvalue weighted by molar-refractivity contribution is 5.67. The minimum absolute atomic E-state index is 0.0767. The number of aromatic nitrogens is 5. The third kappa shape index (κ3) is 3.48. The van der Waals surface area contributed by atoms with Crippen LogP contribution in [0.4, 0.5) is 8.78 Å². The molecule has 0 radical (unpaired) electrons. The van der Waals surface area contributed by atoms with E-state index >= 15 is 0 Å². The number of piperidine rings is 1. The molecule has 0 aliphatic carbocycles. The molecule has 0 saturated carbocycles. The Morgan fingerprint density at radius 3 is 2.84 bits per heavy atom. The molecule has 5 rings (SSSR count). The topological polar surface area (TPSA) is 88.8 Å². The molecule has 2 unspecified atom stereocenters. The zero-order valence-corrected chi connectivity index (χ0v) is 17.0. The van der Waals surface area contributed by atoms with Crippen molar-refractivity contribution in [1.82, 2.24) is 30.3 Å². The fourth-order valence-corrected chi connectivity index (χ4v) is 4.69. The summed E-state index contributed by atoms with van der Waals surface area (Å²) in [5, 5.41) is 26.0. The Hall–Kier alpha value is -3.20. The highest BCUT2D eigenvalue weighted by Crippen LogP contribution is 2.44. The molecule has 9 heteroatoms. The molecule has 2 N–H and O–H groups in total. The van der Waals surface area contributed by atoms with Crippen LogP contribution in [-0.4, -0.2) is 47.8 Å². The van der Waals surface area contributed by atoms with Gasteiger partial charge in [0.05, 0.1) is 29.8 Å². The average Bonchev–Trinajstić information content (AvgIpc) is 3.34. The van der Waals surface area contributed by atoms with Gasteiger partial charge in [-0.2, -0.15) is 5.10 Å². The third-order valence-electron chi connectivity index (χ3n) is 6.36. The predicted molar refractivity (Wildman–Crippen MR) is 111 cm³/mol.